The molecule has 8 heteroatoms. The number of aliphatic hydroxyl groups is 1. The fourth-order valence-corrected chi connectivity index (χ4v) is 3.16. The van der Waals surface area contributed by atoms with Gasteiger partial charge in [-0.1, -0.05) is 11.6 Å². The summed E-state index contributed by atoms with van der Waals surface area (Å²) in [6.45, 7) is 1.09. The summed E-state index contributed by atoms with van der Waals surface area (Å²) in [5.41, 5.74) is 3.59. The van der Waals surface area contributed by atoms with Crippen LogP contribution in [0.25, 0.3) is 16.9 Å². The van der Waals surface area contributed by atoms with Crippen molar-refractivity contribution >= 4 is 29.7 Å². The van der Waals surface area contributed by atoms with Crippen molar-refractivity contribution in [3.8, 4) is 11.3 Å². The first-order valence-corrected chi connectivity index (χ1v) is 8.16. The second-order valence-corrected chi connectivity index (χ2v) is 6.24. The lowest BCUT2D eigenvalue weighted by molar-refractivity contribution is 0.0265. The molecule has 0 radical (unpaired) electrons. The number of aliphatic hydroxyl groups excluding tert-OH is 1. The Morgan fingerprint density at radius 2 is 2.16 bits per heavy atom. The van der Waals surface area contributed by atoms with Gasteiger partial charge in [0.05, 0.1) is 37.6 Å². The SMILES string of the molecule is Cl.OC[C@@H]1COC[C@@H](c2cc(Cl)nc(-c3ccn4ccnc4c3)c2)N1. The minimum atomic E-state index is -0.0691. The van der Waals surface area contributed by atoms with Gasteiger partial charge in [0, 0.05) is 24.2 Å². The molecule has 0 bridgehead atoms. The molecular weight excluding hydrogens is 363 g/mol. The van der Waals surface area contributed by atoms with Crippen LogP contribution in [0.1, 0.15) is 11.6 Å². The Kier molecular flexibility index (Phi) is 5.56. The molecule has 1 aliphatic rings. The fourth-order valence-electron chi connectivity index (χ4n) is 2.94. The third-order valence-corrected chi connectivity index (χ3v) is 4.37. The molecule has 1 saturated heterocycles. The predicted molar refractivity (Wildman–Crippen MR) is 98.3 cm³/mol. The lowest BCUT2D eigenvalue weighted by atomic mass is 10.0. The van der Waals surface area contributed by atoms with E-state index in [1.807, 2.05) is 41.1 Å². The van der Waals surface area contributed by atoms with Crippen LogP contribution in [0.2, 0.25) is 5.15 Å². The van der Waals surface area contributed by atoms with E-state index in [9.17, 15) is 5.11 Å². The van der Waals surface area contributed by atoms with E-state index in [0.29, 0.717) is 18.4 Å². The van der Waals surface area contributed by atoms with Crippen LogP contribution in [-0.4, -0.2) is 45.3 Å². The van der Waals surface area contributed by atoms with Crippen LogP contribution in [0.3, 0.4) is 0 Å². The van der Waals surface area contributed by atoms with E-state index < -0.39 is 0 Å². The molecule has 0 aliphatic carbocycles. The molecule has 0 aromatic carbocycles. The highest BCUT2D eigenvalue weighted by molar-refractivity contribution is 6.29. The highest BCUT2D eigenvalue weighted by Crippen LogP contribution is 2.27. The van der Waals surface area contributed by atoms with Gasteiger partial charge < -0.3 is 19.6 Å². The van der Waals surface area contributed by atoms with Gasteiger partial charge in [0.15, 0.2) is 0 Å². The summed E-state index contributed by atoms with van der Waals surface area (Å²) in [5.74, 6) is 0. The van der Waals surface area contributed by atoms with Crippen molar-refractivity contribution in [3.63, 3.8) is 0 Å². The number of pyridine rings is 2. The number of nitrogens with one attached hydrogen (secondary N) is 1. The summed E-state index contributed by atoms with van der Waals surface area (Å²) in [7, 11) is 0. The van der Waals surface area contributed by atoms with Crippen molar-refractivity contribution in [2.75, 3.05) is 19.8 Å². The van der Waals surface area contributed by atoms with Crippen LogP contribution in [0.4, 0.5) is 0 Å². The topological polar surface area (TPSA) is 71.7 Å². The van der Waals surface area contributed by atoms with E-state index >= 15 is 0 Å². The third-order valence-electron chi connectivity index (χ3n) is 4.17. The molecule has 1 aliphatic heterocycles. The Labute approximate surface area is 156 Å². The minimum absolute atomic E-state index is 0. The standard InChI is InChI=1S/C17H17ClN4O2.ClH/c18-16-6-12(15-10-24-9-13(8-23)20-15)5-14(21-16)11-1-3-22-4-2-19-17(22)7-11;/h1-7,13,15,20,23H,8-10H2;1H/t13-,15+;/m1./s1. The maximum atomic E-state index is 9.33. The summed E-state index contributed by atoms with van der Waals surface area (Å²) in [6.07, 6.45) is 5.60. The number of halogens is 2. The van der Waals surface area contributed by atoms with Gasteiger partial charge in [-0.25, -0.2) is 9.97 Å². The molecule has 2 atom stereocenters. The van der Waals surface area contributed by atoms with E-state index in [-0.39, 0.29) is 31.1 Å². The fraction of sp³-hybridized carbons (Fsp3) is 0.294. The largest absolute Gasteiger partial charge is 0.395 e. The Morgan fingerprint density at radius 3 is 3.00 bits per heavy atom. The van der Waals surface area contributed by atoms with E-state index in [1.54, 1.807) is 6.20 Å². The number of nitrogens with zero attached hydrogens (tertiary/aromatic N) is 3. The highest BCUT2D eigenvalue weighted by atomic mass is 35.5. The van der Waals surface area contributed by atoms with E-state index in [1.165, 1.54) is 0 Å². The molecule has 4 rings (SSSR count). The lowest BCUT2D eigenvalue weighted by Crippen LogP contribution is -2.45. The minimum Gasteiger partial charge on any atom is -0.395 e. The number of aromatic nitrogens is 3. The smallest absolute Gasteiger partial charge is 0.137 e. The maximum Gasteiger partial charge on any atom is 0.137 e. The van der Waals surface area contributed by atoms with Gasteiger partial charge in [-0.05, 0) is 29.8 Å². The Bertz CT molecular complexity index is 871. The van der Waals surface area contributed by atoms with Gasteiger partial charge in [0.2, 0.25) is 0 Å². The highest BCUT2D eigenvalue weighted by Gasteiger charge is 2.23. The molecule has 25 heavy (non-hydrogen) atoms. The van der Waals surface area contributed by atoms with Gasteiger partial charge in [-0.15, -0.1) is 12.4 Å². The molecule has 0 amide bonds. The molecule has 2 N–H and O–H groups in total. The van der Waals surface area contributed by atoms with Gasteiger partial charge in [-0.2, -0.15) is 0 Å². The van der Waals surface area contributed by atoms with Crippen molar-refractivity contribution in [2.45, 2.75) is 12.1 Å². The molecule has 0 unspecified atom stereocenters. The van der Waals surface area contributed by atoms with Crippen LogP contribution >= 0.6 is 24.0 Å². The Balaban J connectivity index is 0.00000182. The van der Waals surface area contributed by atoms with Crippen molar-refractivity contribution < 1.29 is 9.84 Å². The van der Waals surface area contributed by atoms with Crippen LogP contribution < -0.4 is 5.32 Å². The van der Waals surface area contributed by atoms with E-state index in [2.05, 4.69) is 15.3 Å². The first kappa shape index (κ1) is 18.1. The van der Waals surface area contributed by atoms with Crippen LogP contribution in [0.5, 0.6) is 0 Å². The molecule has 4 heterocycles. The van der Waals surface area contributed by atoms with E-state index in [4.69, 9.17) is 16.3 Å². The van der Waals surface area contributed by atoms with Crippen molar-refractivity contribution in [2.24, 2.45) is 0 Å². The molecule has 132 valence electrons. The number of ether oxygens (including phenoxy) is 1. The third kappa shape index (κ3) is 3.78. The maximum absolute atomic E-state index is 9.33. The lowest BCUT2D eigenvalue weighted by Gasteiger charge is -2.30. The number of hydrogen-bond donors (Lipinski definition) is 2. The first-order chi connectivity index (χ1) is 11.7. The molecule has 3 aromatic heterocycles. The molecule has 1 fully saturated rings. The monoisotopic (exact) mass is 380 g/mol. The van der Waals surface area contributed by atoms with Crippen LogP contribution in [-0.2, 0) is 4.74 Å². The summed E-state index contributed by atoms with van der Waals surface area (Å²) in [4.78, 5) is 8.74. The number of morpholine rings is 1. The Hall–Kier alpha value is -1.70. The molecule has 0 spiro atoms. The number of fused-ring (bicyclic) bond motifs is 1. The van der Waals surface area contributed by atoms with Crippen LogP contribution in [0.15, 0.2) is 42.9 Å². The zero-order valence-corrected chi connectivity index (χ0v) is 14.9. The second kappa shape index (κ2) is 7.68. The summed E-state index contributed by atoms with van der Waals surface area (Å²) < 4.78 is 7.52. The quantitative estimate of drug-likeness (QED) is 0.683. The number of imidazole rings is 1. The van der Waals surface area contributed by atoms with Gasteiger partial charge in [0.25, 0.3) is 0 Å². The normalized spacial score (nSPS) is 20.4. The zero-order chi connectivity index (χ0) is 16.5. The summed E-state index contributed by atoms with van der Waals surface area (Å²) in [5, 5.41) is 13.1. The van der Waals surface area contributed by atoms with Crippen molar-refractivity contribution in [3.05, 3.63) is 53.6 Å². The Morgan fingerprint density at radius 1 is 1.28 bits per heavy atom. The molecule has 3 aromatic rings. The van der Waals surface area contributed by atoms with Crippen molar-refractivity contribution in [1.29, 1.82) is 0 Å². The summed E-state index contributed by atoms with van der Waals surface area (Å²) in [6, 6.07) is 7.70. The first-order valence-electron chi connectivity index (χ1n) is 7.78. The summed E-state index contributed by atoms with van der Waals surface area (Å²) >= 11 is 6.24. The predicted octanol–water partition coefficient (Wildman–Crippen LogP) is 2.49. The molecular formula is C17H18Cl2N4O2. The molecule has 0 saturated carbocycles. The van der Waals surface area contributed by atoms with Crippen LogP contribution in [0, 0.1) is 0 Å². The average molecular weight is 381 g/mol. The number of rotatable bonds is 3. The zero-order valence-electron chi connectivity index (χ0n) is 13.3. The second-order valence-electron chi connectivity index (χ2n) is 5.85. The van der Waals surface area contributed by atoms with Gasteiger partial charge in [-0.3, -0.25) is 0 Å². The van der Waals surface area contributed by atoms with Crippen molar-refractivity contribution in [1.82, 2.24) is 19.7 Å². The number of hydrogen-bond acceptors (Lipinski definition) is 5. The van der Waals surface area contributed by atoms with E-state index in [0.717, 1.165) is 22.5 Å². The van der Waals surface area contributed by atoms with Gasteiger partial charge in [0.1, 0.15) is 10.8 Å². The average Bonchev–Trinajstić information content (AvgIpc) is 3.09. The molecule has 6 nitrogen and oxygen atoms in total. The van der Waals surface area contributed by atoms with Gasteiger partial charge >= 0.3 is 0 Å².